The maximum atomic E-state index is 10.3. The van der Waals surface area contributed by atoms with Crippen molar-refractivity contribution >= 4 is 23.2 Å². The molecule has 1 aromatic carbocycles. The summed E-state index contributed by atoms with van der Waals surface area (Å²) in [5, 5.41) is 28.5. The van der Waals surface area contributed by atoms with Crippen molar-refractivity contribution in [3.05, 3.63) is 42.6 Å². The van der Waals surface area contributed by atoms with Crippen molar-refractivity contribution in [3.8, 4) is 11.3 Å². The van der Waals surface area contributed by atoms with Gasteiger partial charge in [0.25, 0.3) is 0 Å². The summed E-state index contributed by atoms with van der Waals surface area (Å²) in [5.41, 5.74) is 2.70. The fraction of sp³-hybridized carbons (Fsp3) is 0.455. The summed E-state index contributed by atoms with van der Waals surface area (Å²) in [6.07, 6.45) is 3.70. The van der Waals surface area contributed by atoms with Gasteiger partial charge in [-0.15, -0.1) is 11.8 Å². The molecule has 152 valence electrons. The zero-order chi connectivity index (χ0) is 20.0. The Morgan fingerprint density at radius 2 is 2.03 bits per heavy atom. The van der Waals surface area contributed by atoms with Crippen LogP contribution in [0.15, 0.2) is 47.5 Å². The van der Waals surface area contributed by atoms with Gasteiger partial charge in [-0.2, -0.15) is 9.61 Å². The number of fused-ring (bicyclic) bond motifs is 1. The molecule has 3 N–H and O–H groups in total. The molecule has 2 saturated carbocycles. The standard InChI is InChI=1S/C22H26N4O2S/c1-13-9-18(22(28)21(13)27)24-19-7-8-23-20-11-17(25-26(19)20)15-3-2-4-16(10-15)29-12-14-5-6-14/h2-4,7-8,10-11,13-14,18,21-22,24,27-28H,5-6,9,12H2,1H3/t13-,18-,21-,22+/m1/s1. The highest BCUT2D eigenvalue weighted by atomic mass is 32.2. The van der Waals surface area contributed by atoms with Crippen molar-refractivity contribution in [2.75, 3.05) is 11.1 Å². The first kappa shape index (κ1) is 18.9. The van der Waals surface area contributed by atoms with Gasteiger partial charge in [0.2, 0.25) is 0 Å². The van der Waals surface area contributed by atoms with Crippen LogP contribution in [0.1, 0.15) is 26.2 Å². The molecule has 0 radical (unpaired) electrons. The predicted molar refractivity (Wildman–Crippen MR) is 115 cm³/mol. The zero-order valence-electron chi connectivity index (χ0n) is 16.4. The van der Waals surface area contributed by atoms with Crippen molar-refractivity contribution < 1.29 is 10.2 Å². The van der Waals surface area contributed by atoms with Gasteiger partial charge >= 0.3 is 0 Å². The monoisotopic (exact) mass is 410 g/mol. The number of rotatable bonds is 6. The van der Waals surface area contributed by atoms with E-state index in [1.165, 1.54) is 23.5 Å². The van der Waals surface area contributed by atoms with Crippen LogP contribution >= 0.6 is 11.8 Å². The third kappa shape index (κ3) is 3.86. The van der Waals surface area contributed by atoms with Crippen molar-refractivity contribution in [3.63, 3.8) is 0 Å². The predicted octanol–water partition coefficient (Wildman–Crippen LogP) is 3.44. The van der Waals surface area contributed by atoms with Crippen LogP contribution in [0.4, 0.5) is 5.82 Å². The first-order chi connectivity index (χ1) is 14.1. The first-order valence-corrected chi connectivity index (χ1v) is 11.3. The molecule has 0 amide bonds. The van der Waals surface area contributed by atoms with Crippen LogP contribution < -0.4 is 5.32 Å². The summed E-state index contributed by atoms with van der Waals surface area (Å²) >= 11 is 1.92. The minimum Gasteiger partial charge on any atom is -0.390 e. The zero-order valence-corrected chi connectivity index (χ0v) is 17.2. The van der Waals surface area contributed by atoms with E-state index in [-0.39, 0.29) is 12.0 Å². The maximum Gasteiger partial charge on any atom is 0.157 e. The van der Waals surface area contributed by atoms with Gasteiger partial charge in [0.15, 0.2) is 5.65 Å². The van der Waals surface area contributed by atoms with E-state index in [1.54, 1.807) is 10.7 Å². The molecular weight excluding hydrogens is 384 g/mol. The van der Waals surface area contributed by atoms with E-state index in [2.05, 4.69) is 34.6 Å². The lowest BCUT2D eigenvalue weighted by atomic mass is 10.1. The van der Waals surface area contributed by atoms with Crippen molar-refractivity contribution in [2.45, 2.75) is 49.3 Å². The molecule has 5 rings (SSSR count). The molecular formula is C22H26N4O2S. The van der Waals surface area contributed by atoms with E-state index in [0.29, 0.717) is 6.42 Å². The molecule has 0 aliphatic heterocycles. The second-order valence-electron chi connectivity index (χ2n) is 8.36. The number of aliphatic hydroxyl groups is 2. The third-order valence-electron chi connectivity index (χ3n) is 5.97. The molecule has 2 aromatic heterocycles. The Kier molecular flexibility index (Phi) is 4.97. The van der Waals surface area contributed by atoms with Gasteiger partial charge in [-0.1, -0.05) is 19.1 Å². The minimum absolute atomic E-state index is 0.0592. The molecule has 3 aromatic rings. The Morgan fingerprint density at radius 1 is 1.17 bits per heavy atom. The summed E-state index contributed by atoms with van der Waals surface area (Å²) < 4.78 is 1.78. The van der Waals surface area contributed by atoms with Crippen LogP contribution in [0.25, 0.3) is 16.9 Å². The fourth-order valence-electron chi connectivity index (χ4n) is 3.98. The summed E-state index contributed by atoms with van der Waals surface area (Å²) in [6, 6.07) is 12.1. The van der Waals surface area contributed by atoms with E-state index in [9.17, 15) is 10.2 Å². The molecule has 2 aliphatic rings. The quantitative estimate of drug-likeness (QED) is 0.540. The normalized spacial score (nSPS) is 26.9. The lowest BCUT2D eigenvalue weighted by molar-refractivity contribution is 0.0210. The van der Waals surface area contributed by atoms with E-state index >= 15 is 0 Å². The van der Waals surface area contributed by atoms with Crippen molar-refractivity contribution in [1.29, 1.82) is 0 Å². The van der Waals surface area contributed by atoms with Gasteiger partial charge in [0, 0.05) is 28.5 Å². The highest BCUT2D eigenvalue weighted by Crippen LogP contribution is 2.36. The number of hydrogen-bond donors (Lipinski definition) is 3. The maximum absolute atomic E-state index is 10.3. The first-order valence-electron chi connectivity index (χ1n) is 10.3. The highest BCUT2D eigenvalue weighted by molar-refractivity contribution is 7.99. The van der Waals surface area contributed by atoms with E-state index in [4.69, 9.17) is 5.10 Å². The molecule has 0 saturated heterocycles. The minimum atomic E-state index is -0.788. The molecule has 29 heavy (non-hydrogen) atoms. The second kappa shape index (κ2) is 7.63. The molecule has 2 fully saturated rings. The fourth-order valence-corrected chi connectivity index (χ4v) is 5.12. The third-order valence-corrected chi connectivity index (χ3v) is 7.20. The number of thioether (sulfide) groups is 1. The van der Waals surface area contributed by atoms with Crippen LogP contribution in [0.3, 0.4) is 0 Å². The highest BCUT2D eigenvalue weighted by Gasteiger charge is 2.39. The van der Waals surface area contributed by atoms with E-state index < -0.39 is 12.2 Å². The number of anilines is 1. The van der Waals surface area contributed by atoms with Gasteiger partial charge in [-0.25, -0.2) is 4.98 Å². The summed E-state index contributed by atoms with van der Waals surface area (Å²) in [5.74, 6) is 2.91. The summed E-state index contributed by atoms with van der Waals surface area (Å²) in [7, 11) is 0. The Bertz CT molecular complexity index is 1020. The van der Waals surface area contributed by atoms with E-state index in [1.807, 2.05) is 30.8 Å². The number of nitrogens with one attached hydrogen (secondary N) is 1. The smallest absolute Gasteiger partial charge is 0.157 e. The lowest BCUT2D eigenvalue weighted by Crippen LogP contribution is -2.35. The Balaban J connectivity index is 1.41. The molecule has 0 spiro atoms. The van der Waals surface area contributed by atoms with Crippen LogP contribution in [0, 0.1) is 11.8 Å². The van der Waals surface area contributed by atoms with Crippen molar-refractivity contribution in [2.24, 2.45) is 11.8 Å². The van der Waals surface area contributed by atoms with Gasteiger partial charge in [0.05, 0.1) is 17.8 Å². The molecule has 7 heteroatoms. The summed E-state index contributed by atoms with van der Waals surface area (Å²) in [4.78, 5) is 5.72. The largest absolute Gasteiger partial charge is 0.390 e. The summed E-state index contributed by atoms with van der Waals surface area (Å²) in [6.45, 7) is 1.96. The molecule has 2 aliphatic carbocycles. The SMILES string of the molecule is C[C@@H]1C[C@@H](Nc2ccnc3cc(-c4cccc(SCC5CC5)c4)nn23)[C@H](O)[C@@H]1O. The van der Waals surface area contributed by atoms with Crippen LogP contribution in [-0.2, 0) is 0 Å². The number of hydrogen-bond acceptors (Lipinski definition) is 6. The van der Waals surface area contributed by atoms with Gasteiger partial charge in [0.1, 0.15) is 11.9 Å². The molecule has 6 nitrogen and oxygen atoms in total. The number of nitrogens with zero attached hydrogens (tertiary/aromatic N) is 3. The van der Waals surface area contributed by atoms with Gasteiger partial charge in [-0.3, -0.25) is 0 Å². The second-order valence-corrected chi connectivity index (χ2v) is 9.45. The van der Waals surface area contributed by atoms with Crippen LogP contribution in [-0.4, -0.2) is 48.8 Å². The van der Waals surface area contributed by atoms with Gasteiger partial charge in [-0.05, 0) is 49.3 Å². The van der Waals surface area contributed by atoms with Crippen molar-refractivity contribution in [1.82, 2.24) is 14.6 Å². The number of benzene rings is 1. The average molecular weight is 411 g/mol. The van der Waals surface area contributed by atoms with Crippen LogP contribution in [0.5, 0.6) is 0 Å². The molecule has 0 unspecified atom stereocenters. The van der Waals surface area contributed by atoms with Crippen LogP contribution in [0.2, 0.25) is 0 Å². The number of aromatic nitrogens is 3. The Morgan fingerprint density at radius 3 is 2.79 bits per heavy atom. The Hall–Kier alpha value is -2.09. The van der Waals surface area contributed by atoms with Gasteiger partial charge < -0.3 is 15.5 Å². The molecule has 0 bridgehead atoms. The Labute approximate surface area is 174 Å². The topological polar surface area (TPSA) is 82.7 Å². The number of aliphatic hydroxyl groups excluding tert-OH is 2. The average Bonchev–Trinajstić information content (AvgIpc) is 3.41. The molecule has 4 atom stereocenters. The molecule has 2 heterocycles. The lowest BCUT2D eigenvalue weighted by Gasteiger charge is -2.19. The van der Waals surface area contributed by atoms with E-state index in [0.717, 1.165) is 28.6 Å².